The largest absolute Gasteiger partial charge is 0.465 e. The fourth-order valence-corrected chi connectivity index (χ4v) is 2.59. The number of halogens is 3. The molecule has 0 aliphatic rings. The van der Waals surface area contributed by atoms with E-state index in [0.717, 1.165) is 8.99 Å². The van der Waals surface area contributed by atoms with Crippen LogP contribution in [0.3, 0.4) is 0 Å². The van der Waals surface area contributed by atoms with E-state index in [0.29, 0.717) is 11.3 Å². The lowest BCUT2D eigenvalue weighted by molar-refractivity contribution is 0.0602. The zero-order chi connectivity index (χ0) is 16.6. The van der Waals surface area contributed by atoms with Gasteiger partial charge in [0.2, 0.25) is 0 Å². The van der Waals surface area contributed by atoms with Gasteiger partial charge >= 0.3 is 5.97 Å². The summed E-state index contributed by atoms with van der Waals surface area (Å²) >= 11 is 3.33. The molecule has 1 aromatic carbocycles. The zero-order valence-electron chi connectivity index (χ0n) is 11.8. The Hall–Kier alpha value is -2.35. The number of aromatic nitrogens is 3. The van der Waals surface area contributed by atoms with E-state index < -0.39 is 12.4 Å². The van der Waals surface area contributed by atoms with Gasteiger partial charge in [0.15, 0.2) is 5.65 Å². The van der Waals surface area contributed by atoms with Crippen LogP contribution in [0.4, 0.5) is 8.78 Å². The van der Waals surface area contributed by atoms with Crippen molar-refractivity contribution >= 4 is 27.5 Å². The van der Waals surface area contributed by atoms with E-state index in [9.17, 15) is 13.6 Å². The lowest BCUT2D eigenvalue weighted by Gasteiger charge is -2.08. The topological polar surface area (TPSA) is 56.5 Å². The Labute approximate surface area is 138 Å². The maximum Gasteiger partial charge on any atom is 0.343 e. The fraction of sp³-hybridized carbons (Fsp3) is 0.133. The molecular weight excluding hydrogens is 372 g/mol. The number of hydrogen-bond acceptors (Lipinski definition) is 4. The first-order valence-corrected chi connectivity index (χ1v) is 7.31. The minimum atomic E-state index is -2.77. The first-order chi connectivity index (χ1) is 11.0. The number of rotatable bonds is 3. The van der Waals surface area contributed by atoms with Crippen molar-refractivity contribution in [3.05, 3.63) is 52.3 Å². The Morgan fingerprint density at radius 3 is 2.78 bits per heavy atom. The van der Waals surface area contributed by atoms with Crippen LogP contribution in [0.5, 0.6) is 0 Å². The van der Waals surface area contributed by atoms with Gasteiger partial charge < -0.3 is 4.74 Å². The zero-order valence-corrected chi connectivity index (χ0v) is 13.4. The van der Waals surface area contributed by atoms with E-state index in [1.165, 1.54) is 19.4 Å². The molecule has 0 saturated carbocycles. The van der Waals surface area contributed by atoms with Crippen molar-refractivity contribution in [3.8, 4) is 11.3 Å². The lowest BCUT2D eigenvalue weighted by Crippen LogP contribution is -2.06. The van der Waals surface area contributed by atoms with Gasteiger partial charge in [-0.1, -0.05) is 28.1 Å². The van der Waals surface area contributed by atoms with Crippen LogP contribution >= 0.6 is 15.9 Å². The standard InChI is InChI=1S/C15H10BrF2N3O2/c1-23-15(22)10-7-19-21-12(13(17)18)6-11(20-14(10)21)8-3-2-4-9(16)5-8/h2-7,13H,1H3. The predicted octanol–water partition coefficient (Wildman–Crippen LogP) is 3.88. The molecule has 3 rings (SSSR count). The fourth-order valence-electron chi connectivity index (χ4n) is 2.19. The third-order valence-corrected chi connectivity index (χ3v) is 3.74. The SMILES string of the molecule is COC(=O)c1cnn2c(C(F)F)cc(-c3cccc(Br)c3)nc12. The summed E-state index contributed by atoms with van der Waals surface area (Å²) in [6.45, 7) is 0. The summed E-state index contributed by atoms with van der Waals surface area (Å²) in [7, 11) is 1.21. The molecule has 0 saturated heterocycles. The molecule has 8 heteroatoms. The third-order valence-electron chi connectivity index (χ3n) is 3.25. The van der Waals surface area contributed by atoms with Gasteiger partial charge in [0.05, 0.1) is 19.0 Å². The van der Waals surface area contributed by atoms with Gasteiger partial charge in [-0.25, -0.2) is 23.1 Å². The van der Waals surface area contributed by atoms with Gasteiger partial charge in [0, 0.05) is 10.0 Å². The van der Waals surface area contributed by atoms with Gasteiger partial charge in [-0.2, -0.15) is 5.10 Å². The molecule has 0 radical (unpaired) electrons. The molecular formula is C15H10BrF2N3O2. The van der Waals surface area contributed by atoms with Crippen LogP contribution in [0.1, 0.15) is 22.5 Å². The quantitative estimate of drug-likeness (QED) is 0.646. The van der Waals surface area contributed by atoms with Crippen LogP contribution in [-0.2, 0) is 4.74 Å². The van der Waals surface area contributed by atoms with Crippen LogP contribution < -0.4 is 0 Å². The average Bonchev–Trinajstić information content (AvgIpc) is 2.96. The summed E-state index contributed by atoms with van der Waals surface area (Å²) in [6, 6.07) is 8.34. The van der Waals surface area contributed by atoms with E-state index in [1.54, 1.807) is 18.2 Å². The Balaban J connectivity index is 2.29. The van der Waals surface area contributed by atoms with Crippen molar-refractivity contribution in [2.75, 3.05) is 7.11 Å². The van der Waals surface area contributed by atoms with Crippen molar-refractivity contribution < 1.29 is 18.3 Å². The number of nitrogens with zero attached hydrogens (tertiary/aromatic N) is 3. The number of benzene rings is 1. The number of methoxy groups -OCH3 is 1. The minimum Gasteiger partial charge on any atom is -0.465 e. The number of carbonyl (C=O) groups is 1. The van der Waals surface area contributed by atoms with Crippen molar-refractivity contribution in [2.45, 2.75) is 6.43 Å². The maximum absolute atomic E-state index is 13.4. The Morgan fingerprint density at radius 1 is 1.35 bits per heavy atom. The summed E-state index contributed by atoms with van der Waals surface area (Å²) < 4.78 is 33.1. The highest BCUT2D eigenvalue weighted by Gasteiger charge is 2.21. The molecule has 0 amide bonds. The third kappa shape index (κ3) is 2.81. The number of hydrogen-bond donors (Lipinski definition) is 0. The van der Waals surface area contributed by atoms with Crippen LogP contribution in [0.15, 0.2) is 41.0 Å². The molecule has 0 fully saturated rings. The molecule has 0 unspecified atom stereocenters. The Bertz CT molecular complexity index is 896. The maximum atomic E-state index is 13.4. The number of esters is 1. The van der Waals surface area contributed by atoms with Gasteiger partial charge in [-0.05, 0) is 18.2 Å². The molecule has 0 aliphatic carbocycles. The molecule has 3 aromatic rings. The van der Waals surface area contributed by atoms with E-state index in [1.807, 2.05) is 6.07 Å². The first-order valence-electron chi connectivity index (χ1n) is 6.52. The first kappa shape index (κ1) is 15.5. The molecule has 118 valence electrons. The summed E-state index contributed by atoms with van der Waals surface area (Å²) in [5.74, 6) is -0.681. The molecule has 0 aliphatic heterocycles. The highest BCUT2D eigenvalue weighted by Crippen LogP contribution is 2.28. The Kier molecular flexibility index (Phi) is 4.08. The summed E-state index contributed by atoms with van der Waals surface area (Å²) in [6.07, 6.45) is -1.60. The van der Waals surface area contributed by atoms with Gasteiger partial charge in [-0.3, -0.25) is 0 Å². The van der Waals surface area contributed by atoms with E-state index in [4.69, 9.17) is 0 Å². The average molecular weight is 382 g/mol. The second-order valence-electron chi connectivity index (χ2n) is 4.66. The summed E-state index contributed by atoms with van der Waals surface area (Å²) in [5, 5.41) is 3.83. The molecule has 0 bridgehead atoms. The lowest BCUT2D eigenvalue weighted by atomic mass is 10.1. The van der Waals surface area contributed by atoms with Gasteiger partial charge in [-0.15, -0.1) is 0 Å². The number of carbonyl (C=O) groups excluding carboxylic acids is 1. The van der Waals surface area contributed by atoms with Crippen molar-refractivity contribution in [1.82, 2.24) is 14.6 Å². The molecule has 5 nitrogen and oxygen atoms in total. The monoisotopic (exact) mass is 381 g/mol. The molecule has 0 spiro atoms. The second-order valence-corrected chi connectivity index (χ2v) is 5.58. The molecule has 2 heterocycles. The van der Waals surface area contributed by atoms with Crippen molar-refractivity contribution in [2.24, 2.45) is 0 Å². The van der Waals surface area contributed by atoms with E-state index in [2.05, 4.69) is 30.7 Å². The predicted molar refractivity (Wildman–Crippen MR) is 82.4 cm³/mol. The number of alkyl halides is 2. The highest BCUT2D eigenvalue weighted by molar-refractivity contribution is 9.10. The smallest absolute Gasteiger partial charge is 0.343 e. The highest BCUT2D eigenvalue weighted by atomic mass is 79.9. The number of fused-ring (bicyclic) bond motifs is 1. The van der Waals surface area contributed by atoms with E-state index in [-0.39, 0.29) is 16.9 Å². The Morgan fingerprint density at radius 2 is 2.13 bits per heavy atom. The summed E-state index contributed by atoms with van der Waals surface area (Å²) in [5.41, 5.74) is 0.677. The number of ether oxygens (including phenoxy) is 1. The van der Waals surface area contributed by atoms with Crippen LogP contribution in [0.2, 0.25) is 0 Å². The van der Waals surface area contributed by atoms with Crippen molar-refractivity contribution in [3.63, 3.8) is 0 Å². The normalized spacial score (nSPS) is 11.2. The van der Waals surface area contributed by atoms with Gasteiger partial charge in [0.25, 0.3) is 6.43 Å². The molecule has 0 atom stereocenters. The van der Waals surface area contributed by atoms with E-state index >= 15 is 0 Å². The van der Waals surface area contributed by atoms with Crippen LogP contribution in [0, 0.1) is 0 Å². The van der Waals surface area contributed by atoms with Crippen LogP contribution in [0.25, 0.3) is 16.9 Å². The minimum absolute atomic E-state index is 0.0321. The molecule has 0 N–H and O–H groups in total. The van der Waals surface area contributed by atoms with Crippen LogP contribution in [-0.4, -0.2) is 27.7 Å². The summed E-state index contributed by atoms with van der Waals surface area (Å²) in [4.78, 5) is 16.1. The second kappa shape index (κ2) is 6.04. The molecule has 2 aromatic heterocycles. The molecule has 23 heavy (non-hydrogen) atoms. The van der Waals surface area contributed by atoms with Gasteiger partial charge in [0.1, 0.15) is 11.3 Å². The van der Waals surface area contributed by atoms with Crippen molar-refractivity contribution in [1.29, 1.82) is 0 Å².